The van der Waals surface area contributed by atoms with Gasteiger partial charge in [0.15, 0.2) is 0 Å². The SMILES string of the molecule is O=c1n(CO)c2cc(Br)c(Br)cc2n1CO. The normalized spacial score (nSPS) is 11.2. The molecule has 2 rings (SSSR count). The Balaban J connectivity index is 2.95. The molecular formula is C9H8Br2N2O3. The van der Waals surface area contributed by atoms with Crippen LogP contribution in [0.5, 0.6) is 0 Å². The van der Waals surface area contributed by atoms with Gasteiger partial charge in [-0.3, -0.25) is 9.13 Å². The fraction of sp³-hybridized carbons (Fsp3) is 0.222. The molecule has 0 saturated heterocycles. The number of benzene rings is 1. The molecule has 0 unspecified atom stereocenters. The molecule has 0 atom stereocenters. The Kier molecular flexibility index (Phi) is 3.20. The summed E-state index contributed by atoms with van der Waals surface area (Å²) < 4.78 is 3.92. The Morgan fingerprint density at radius 1 is 1.00 bits per heavy atom. The van der Waals surface area contributed by atoms with Gasteiger partial charge in [0, 0.05) is 8.95 Å². The maximum atomic E-state index is 11.7. The lowest BCUT2D eigenvalue weighted by atomic mass is 10.3. The zero-order chi connectivity index (χ0) is 11.9. The summed E-state index contributed by atoms with van der Waals surface area (Å²) in [6, 6.07) is 3.42. The number of aliphatic hydroxyl groups is 2. The topological polar surface area (TPSA) is 67.4 Å². The van der Waals surface area contributed by atoms with Crippen LogP contribution in [0.1, 0.15) is 0 Å². The van der Waals surface area contributed by atoms with E-state index in [9.17, 15) is 4.79 Å². The zero-order valence-corrected chi connectivity index (χ0v) is 11.2. The van der Waals surface area contributed by atoms with Gasteiger partial charge in [0.05, 0.1) is 11.0 Å². The third kappa shape index (κ3) is 1.64. The predicted octanol–water partition coefficient (Wildman–Crippen LogP) is 1.23. The molecule has 0 amide bonds. The Morgan fingerprint density at radius 3 is 1.69 bits per heavy atom. The van der Waals surface area contributed by atoms with E-state index in [1.54, 1.807) is 12.1 Å². The van der Waals surface area contributed by atoms with Crippen LogP contribution in [0, 0.1) is 0 Å². The average molecular weight is 352 g/mol. The van der Waals surface area contributed by atoms with E-state index in [-0.39, 0.29) is 0 Å². The Hall–Kier alpha value is -0.630. The Morgan fingerprint density at radius 2 is 1.38 bits per heavy atom. The molecule has 16 heavy (non-hydrogen) atoms. The minimum atomic E-state index is -0.440. The van der Waals surface area contributed by atoms with Crippen molar-refractivity contribution < 1.29 is 10.2 Å². The highest BCUT2D eigenvalue weighted by Crippen LogP contribution is 2.28. The first-order valence-corrected chi connectivity index (χ1v) is 5.98. The first-order valence-electron chi connectivity index (χ1n) is 4.40. The summed E-state index contributed by atoms with van der Waals surface area (Å²) in [4.78, 5) is 11.7. The van der Waals surface area contributed by atoms with Crippen molar-refractivity contribution >= 4 is 42.9 Å². The zero-order valence-electron chi connectivity index (χ0n) is 8.02. The van der Waals surface area contributed by atoms with Gasteiger partial charge in [0.25, 0.3) is 0 Å². The second-order valence-corrected chi connectivity index (χ2v) is 4.89. The van der Waals surface area contributed by atoms with Crippen LogP contribution >= 0.6 is 31.9 Å². The van der Waals surface area contributed by atoms with Crippen molar-refractivity contribution in [1.82, 2.24) is 9.13 Å². The molecule has 0 spiro atoms. The molecule has 0 aliphatic heterocycles. The van der Waals surface area contributed by atoms with Gasteiger partial charge >= 0.3 is 5.69 Å². The minimum Gasteiger partial charge on any atom is -0.376 e. The molecule has 0 bridgehead atoms. The van der Waals surface area contributed by atoms with Crippen molar-refractivity contribution in [3.8, 4) is 0 Å². The van der Waals surface area contributed by atoms with Crippen molar-refractivity contribution in [2.75, 3.05) is 0 Å². The van der Waals surface area contributed by atoms with Gasteiger partial charge in [-0.1, -0.05) is 0 Å². The smallest absolute Gasteiger partial charge is 0.332 e. The number of halogens is 2. The van der Waals surface area contributed by atoms with Crippen molar-refractivity contribution in [1.29, 1.82) is 0 Å². The highest BCUT2D eigenvalue weighted by atomic mass is 79.9. The third-order valence-electron chi connectivity index (χ3n) is 2.34. The van der Waals surface area contributed by atoms with Gasteiger partial charge in [-0.25, -0.2) is 4.79 Å². The van der Waals surface area contributed by atoms with E-state index in [0.717, 1.165) is 8.95 Å². The third-order valence-corrected chi connectivity index (χ3v) is 4.19. The Labute approximate surface area is 107 Å². The van der Waals surface area contributed by atoms with E-state index in [1.807, 2.05) is 0 Å². The van der Waals surface area contributed by atoms with Gasteiger partial charge < -0.3 is 10.2 Å². The van der Waals surface area contributed by atoms with Crippen LogP contribution in [0.15, 0.2) is 25.9 Å². The maximum absolute atomic E-state index is 11.7. The van der Waals surface area contributed by atoms with Gasteiger partial charge in [0.1, 0.15) is 13.5 Å². The number of aliphatic hydroxyl groups excluding tert-OH is 2. The maximum Gasteiger partial charge on any atom is 0.332 e. The monoisotopic (exact) mass is 350 g/mol. The quantitative estimate of drug-likeness (QED) is 0.855. The molecule has 0 radical (unpaired) electrons. The summed E-state index contributed by atoms with van der Waals surface area (Å²) >= 11 is 6.64. The second kappa shape index (κ2) is 4.33. The van der Waals surface area contributed by atoms with E-state index >= 15 is 0 Å². The highest BCUT2D eigenvalue weighted by Gasteiger charge is 2.13. The summed E-state index contributed by atoms with van der Waals surface area (Å²) in [5, 5.41) is 18.3. The molecule has 0 saturated carbocycles. The average Bonchev–Trinajstić information content (AvgIpc) is 2.50. The van der Waals surface area contributed by atoms with Crippen LogP contribution in [0.4, 0.5) is 0 Å². The lowest BCUT2D eigenvalue weighted by Gasteiger charge is -2.00. The number of nitrogens with zero attached hydrogens (tertiary/aromatic N) is 2. The van der Waals surface area contributed by atoms with Gasteiger partial charge in [0.2, 0.25) is 0 Å². The van der Waals surface area contributed by atoms with E-state index in [2.05, 4.69) is 31.9 Å². The largest absolute Gasteiger partial charge is 0.376 e. The number of imidazole rings is 1. The number of rotatable bonds is 2. The van der Waals surface area contributed by atoms with Crippen LogP contribution in [0.3, 0.4) is 0 Å². The summed E-state index contributed by atoms with van der Waals surface area (Å²) in [7, 11) is 0. The first-order chi connectivity index (χ1) is 7.60. The van der Waals surface area contributed by atoms with Crippen molar-refractivity contribution in [3.63, 3.8) is 0 Å². The van der Waals surface area contributed by atoms with E-state index in [1.165, 1.54) is 9.13 Å². The molecule has 5 nitrogen and oxygen atoms in total. The second-order valence-electron chi connectivity index (χ2n) is 3.18. The number of hydrogen-bond acceptors (Lipinski definition) is 3. The minimum absolute atomic E-state index is 0.420. The Bertz CT molecular complexity index is 553. The standard InChI is InChI=1S/C9H8Br2N2O3/c10-5-1-7-8(2-6(5)11)13(4-15)9(16)12(7)3-14/h1-2,14-15H,3-4H2. The van der Waals surface area contributed by atoms with Crippen LogP contribution in [-0.2, 0) is 13.5 Å². The molecule has 0 fully saturated rings. The highest BCUT2D eigenvalue weighted by molar-refractivity contribution is 9.13. The van der Waals surface area contributed by atoms with Crippen LogP contribution in [0.2, 0.25) is 0 Å². The van der Waals surface area contributed by atoms with Gasteiger partial charge in [-0.15, -0.1) is 0 Å². The first kappa shape index (κ1) is 11.8. The predicted molar refractivity (Wildman–Crippen MR) is 66.0 cm³/mol. The lowest BCUT2D eigenvalue weighted by molar-refractivity contribution is 0.191. The number of hydrogen-bond donors (Lipinski definition) is 2. The molecule has 2 N–H and O–H groups in total. The summed E-state index contributed by atoms with van der Waals surface area (Å²) in [6.07, 6.45) is 0. The summed E-state index contributed by atoms with van der Waals surface area (Å²) in [6.45, 7) is -0.840. The van der Waals surface area contributed by atoms with E-state index < -0.39 is 19.2 Å². The lowest BCUT2D eigenvalue weighted by Crippen LogP contribution is -2.24. The van der Waals surface area contributed by atoms with Crippen LogP contribution in [0.25, 0.3) is 11.0 Å². The fourth-order valence-corrected chi connectivity index (χ4v) is 2.25. The van der Waals surface area contributed by atoms with Crippen LogP contribution in [-0.4, -0.2) is 19.3 Å². The van der Waals surface area contributed by atoms with E-state index in [0.29, 0.717) is 11.0 Å². The summed E-state index contributed by atoms with van der Waals surface area (Å²) in [5.74, 6) is 0. The molecule has 1 aromatic heterocycles. The summed E-state index contributed by atoms with van der Waals surface area (Å²) in [5.41, 5.74) is 0.693. The van der Waals surface area contributed by atoms with Crippen LogP contribution < -0.4 is 5.69 Å². The van der Waals surface area contributed by atoms with Crippen molar-refractivity contribution in [2.24, 2.45) is 0 Å². The van der Waals surface area contributed by atoms with Crippen molar-refractivity contribution in [3.05, 3.63) is 31.6 Å². The molecule has 1 heterocycles. The van der Waals surface area contributed by atoms with Gasteiger partial charge in [-0.05, 0) is 44.0 Å². The molecule has 1 aromatic carbocycles. The number of fused-ring (bicyclic) bond motifs is 1. The molecule has 2 aromatic rings. The molecule has 7 heteroatoms. The van der Waals surface area contributed by atoms with E-state index in [4.69, 9.17) is 10.2 Å². The van der Waals surface area contributed by atoms with Crippen molar-refractivity contribution in [2.45, 2.75) is 13.5 Å². The molecular weight excluding hydrogens is 344 g/mol. The molecule has 0 aliphatic carbocycles. The number of aromatic nitrogens is 2. The molecule has 0 aliphatic rings. The van der Waals surface area contributed by atoms with Gasteiger partial charge in [-0.2, -0.15) is 0 Å². The fourth-order valence-electron chi connectivity index (χ4n) is 1.58. The molecule has 86 valence electrons.